The number of rotatable bonds is 4. The molecule has 0 unspecified atom stereocenters. The second-order valence-electron chi connectivity index (χ2n) is 6.27. The van der Waals surface area contributed by atoms with Gasteiger partial charge in [0.25, 0.3) is 5.22 Å². The lowest BCUT2D eigenvalue weighted by Gasteiger charge is -2.35. The molecule has 2 heterocycles. The predicted octanol–water partition coefficient (Wildman–Crippen LogP) is 3.05. The second kappa shape index (κ2) is 7.44. The Hall–Kier alpha value is -2.80. The van der Waals surface area contributed by atoms with E-state index < -0.39 is 12.0 Å². The van der Waals surface area contributed by atoms with Crippen LogP contribution in [0.25, 0.3) is 11.1 Å². The fourth-order valence-corrected chi connectivity index (χ4v) is 3.98. The lowest BCUT2D eigenvalue weighted by atomic mass is 9.94. The maximum Gasteiger partial charge on any atom is 0.328 e. The van der Waals surface area contributed by atoms with E-state index in [1.807, 2.05) is 48.5 Å². The number of para-hydroxylation sites is 2. The van der Waals surface area contributed by atoms with Crippen molar-refractivity contribution in [3.8, 4) is 0 Å². The molecule has 1 aliphatic rings. The summed E-state index contributed by atoms with van der Waals surface area (Å²) in [6, 6.07) is 14.7. The molecule has 0 radical (unpaired) electrons. The van der Waals surface area contributed by atoms with Crippen molar-refractivity contribution < 1.29 is 18.7 Å². The molecule has 0 saturated carbocycles. The average molecular weight is 382 g/mol. The highest BCUT2D eigenvalue weighted by Crippen LogP contribution is 2.27. The first kappa shape index (κ1) is 17.6. The van der Waals surface area contributed by atoms with Gasteiger partial charge < -0.3 is 14.1 Å². The van der Waals surface area contributed by atoms with E-state index in [4.69, 9.17) is 9.15 Å². The van der Waals surface area contributed by atoms with E-state index in [2.05, 4.69) is 4.98 Å². The zero-order valence-electron chi connectivity index (χ0n) is 14.8. The molecule has 0 bridgehead atoms. The quantitative estimate of drug-likeness (QED) is 0.510. The minimum absolute atomic E-state index is 0.141. The van der Waals surface area contributed by atoms with Gasteiger partial charge in [0.05, 0.1) is 12.9 Å². The molecule has 6 nitrogen and oxygen atoms in total. The van der Waals surface area contributed by atoms with Crippen LogP contribution in [-0.4, -0.2) is 40.7 Å². The molecule has 4 rings (SSSR count). The summed E-state index contributed by atoms with van der Waals surface area (Å²) in [7, 11) is 1.35. The highest BCUT2D eigenvalue weighted by Gasteiger charge is 2.35. The van der Waals surface area contributed by atoms with Crippen LogP contribution in [0, 0.1) is 0 Å². The number of benzene rings is 2. The number of thioether (sulfide) groups is 1. The van der Waals surface area contributed by atoms with Crippen molar-refractivity contribution in [1.82, 2.24) is 9.88 Å². The Kier molecular flexibility index (Phi) is 4.85. The van der Waals surface area contributed by atoms with Gasteiger partial charge in [-0.05, 0) is 23.3 Å². The van der Waals surface area contributed by atoms with E-state index in [1.165, 1.54) is 18.9 Å². The van der Waals surface area contributed by atoms with Gasteiger partial charge in [0.1, 0.15) is 11.6 Å². The molecule has 27 heavy (non-hydrogen) atoms. The summed E-state index contributed by atoms with van der Waals surface area (Å²) >= 11 is 1.23. The minimum atomic E-state index is -0.610. The number of amides is 1. The third-order valence-electron chi connectivity index (χ3n) is 4.64. The molecule has 138 valence electrons. The van der Waals surface area contributed by atoms with Gasteiger partial charge in [0, 0.05) is 13.0 Å². The summed E-state index contributed by atoms with van der Waals surface area (Å²) in [6.45, 7) is 0.392. The molecular weight excluding hydrogens is 364 g/mol. The molecular formula is C20H18N2O4S. The van der Waals surface area contributed by atoms with Gasteiger partial charge in [0.2, 0.25) is 5.91 Å². The largest absolute Gasteiger partial charge is 0.467 e. The van der Waals surface area contributed by atoms with Crippen molar-refractivity contribution in [2.24, 2.45) is 0 Å². The van der Waals surface area contributed by atoms with Crippen molar-refractivity contribution >= 4 is 34.7 Å². The monoisotopic (exact) mass is 382 g/mol. The van der Waals surface area contributed by atoms with Crippen LogP contribution < -0.4 is 0 Å². The first-order valence-corrected chi connectivity index (χ1v) is 9.56. The van der Waals surface area contributed by atoms with Gasteiger partial charge >= 0.3 is 5.97 Å². The smallest absolute Gasteiger partial charge is 0.328 e. The number of oxazole rings is 1. The average Bonchev–Trinajstić information content (AvgIpc) is 3.13. The number of fused-ring (bicyclic) bond motifs is 2. The van der Waals surface area contributed by atoms with Crippen molar-refractivity contribution in [1.29, 1.82) is 0 Å². The molecule has 0 spiro atoms. The van der Waals surface area contributed by atoms with E-state index in [-0.39, 0.29) is 11.7 Å². The van der Waals surface area contributed by atoms with Crippen molar-refractivity contribution in [3.63, 3.8) is 0 Å². The molecule has 1 aliphatic heterocycles. The van der Waals surface area contributed by atoms with Gasteiger partial charge in [-0.15, -0.1) is 0 Å². The predicted molar refractivity (Wildman–Crippen MR) is 101 cm³/mol. The highest BCUT2D eigenvalue weighted by molar-refractivity contribution is 7.99. The standard InChI is InChI=1S/C20H18N2O4S/c1-25-19(24)16-10-13-6-2-3-7-14(13)11-22(16)18(23)12-27-20-21-15-8-4-5-9-17(15)26-20/h2-9,16H,10-12H2,1H3/t16-/m1/s1. The Morgan fingerprint density at radius 3 is 2.70 bits per heavy atom. The van der Waals surface area contributed by atoms with Crippen LogP contribution in [0.2, 0.25) is 0 Å². The maximum atomic E-state index is 12.9. The summed E-state index contributed by atoms with van der Waals surface area (Å²) in [5.41, 5.74) is 3.57. The Labute approximate surface area is 160 Å². The number of aromatic nitrogens is 1. The third kappa shape index (κ3) is 3.55. The van der Waals surface area contributed by atoms with E-state index in [0.29, 0.717) is 23.8 Å². The Bertz CT molecular complexity index is 967. The van der Waals surface area contributed by atoms with Crippen LogP contribution in [0.3, 0.4) is 0 Å². The van der Waals surface area contributed by atoms with Crippen molar-refractivity contribution in [2.75, 3.05) is 12.9 Å². The molecule has 1 aromatic heterocycles. The van der Waals surface area contributed by atoms with E-state index in [0.717, 1.165) is 16.6 Å². The topological polar surface area (TPSA) is 72.6 Å². The summed E-state index contributed by atoms with van der Waals surface area (Å²) < 4.78 is 10.6. The van der Waals surface area contributed by atoms with Crippen LogP contribution >= 0.6 is 11.8 Å². The summed E-state index contributed by atoms with van der Waals surface area (Å²) in [5, 5.41) is 0.441. The normalized spacial score (nSPS) is 16.2. The SMILES string of the molecule is COC(=O)[C@H]1Cc2ccccc2CN1C(=O)CSc1nc2ccccc2o1. The van der Waals surface area contributed by atoms with Gasteiger partial charge in [-0.3, -0.25) is 4.79 Å². The maximum absolute atomic E-state index is 12.9. The third-order valence-corrected chi connectivity index (χ3v) is 5.45. The van der Waals surface area contributed by atoms with Crippen LogP contribution in [0.5, 0.6) is 0 Å². The van der Waals surface area contributed by atoms with Gasteiger partial charge in [-0.2, -0.15) is 0 Å². The summed E-state index contributed by atoms with van der Waals surface area (Å²) in [4.78, 5) is 31.0. The van der Waals surface area contributed by atoms with Gasteiger partial charge in [-0.25, -0.2) is 9.78 Å². The van der Waals surface area contributed by atoms with E-state index in [1.54, 1.807) is 4.90 Å². The molecule has 2 aromatic carbocycles. The van der Waals surface area contributed by atoms with Gasteiger partial charge in [0.15, 0.2) is 5.58 Å². The molecule has 0 fully saturated rings. The fourth-order valence-electron chi connectivity index (χ4n) is 3.25. The Morgan fingerprint density at radius 1 is 1.19 bits per heavy atom. The van der Waals surface area contributed by atoms with Gasteiger partial charge in [-0.1, -0.05) is 48.2 Å². The zero-order chi connectivity index (χ0) is 18.8. The highest BCUT2D eigenvalue weighted by atomic mass is 32.2. The van der Waals surface area contributed by atoms with Crippen LogP contribution in [0.4, 0.5) is 0 Å². The molecule has 0 saturated heterocycles. The number of carbonyl (C=O) groups excluding carboxylic acids is 2. The van der Waals surface area contributed by atoms with E-state index >= 15 is 0 Å². The van der Waals surface area contributed by atoms with E-state index in [9.17, 15) is 9.59 Å². The molecule has 3 aromatic rings. The minimum Gasteiger partial charge on any atom is -0.467 e. The summed E-state index contributed by atoms with van der Waals surface area (Å²) in [5.74, 6) is -0.403. The molecule has 7 heteroatoms. The molecule has 0 N–H and O–H groups in total. The van der Waals surface area contributed by atoms with Crippen LogP contribution in [0.15, 0.2) is 58.2 Å². The van der Waals surface area contributed by atoms with Crippen LogP contribution in [-0.2, 0) is 27.3 Å². The number of carbonyl (C=O) groups is 2. The summed E-state index contributed by atoms with van der Waals surface area (Å²) in [6.07, 6.45) is 0.460. The Balaban J connectivity index is 1.51. The van der Waals surface area contributed by atoms with Crippen LogP contribution in [0.1, 0.15) is 11.1 Å². The molecule has 1 amide bonds. The lowest BCUT2D eigenvalue weighted by molar-refractivity contribution is -0.153. The zero-order valence-corrected chi connectivity index (χ0v) is 15.6. The number of hydrogen-bond acceptors (Lipinski definition) is 6. The lowest BCUT2D eigenvalue weighted by Crippen LogP contribution is -2.49. The first-order valence-electron chi connectivity index (χ1n) is 8.58. The number of esters is 1. The molecule has 1 atom stereocenters. The number of ether oxygens (including phenoxy) is 1. The fraction of sp³-hybridized carbons (Fsp3) is 0.250. The van der Waals surface area contributed by atoms with Crippen molar-refractivity contribution in [3.05, 3.63) is 59.7 Å². The number of nitrogens with zero attached hydrogens (tertiary/aromatic N) is 2. The Morgan fingerprint density at radius 2 is 1.93 bits per heavy atom. The number of hydrogen-bond donors (Lipinski definition) is 0. The first-order chi connectivity index (χ1) is 13.2. The molecule has 0 aliphatic carbocycles. The number of methoxy groups -OCH3 is 1. The second-order valence-corrected chi connectivity index (χ2v) is 7.20. The van der Waals surface area contributed by atoms with Crippen molar-refractivity contribution in [2.45, 2.75) is 24.2 Å².